The first kappa shape index (κ1) is 28.5. The van der Waals surface area contributed by atoms with Crippen molar-refractivity contribution in [3.05, 3.63) is 83.0 Å². The lowest BCUT2D eigenvalue weighted by Gasteiger charge is -2.59. The lowest BCUT2D eigenvalue weighted by atomic mass is 9.46. The molecule has 43 heavy (non-hydrogen) atoms. The van der Waals surface area contributed by atoms with Gasteiger partial charge in [0.15, 0.2) is 23.5 Å². The monoisotopic (exact) mass is 585 g/mol. The normalized spacial score (nSPS) is 39.4. The van der Waals surface area contributed by atoms with Crippen LogP contribution in [-0.2, 0) is 25.5 Å². The number of aliphatic hydroxyl groups excluding tert-OH is 2. The Morgan fingerprint density at radius 1 is 1.16 bits per heavy atom. The highest BCUT2D eigenvalue weighted by Crippen LogP contribution is 2.70. The third-order valence-electron chi connectivity index (χ3n) is 11.5. The Morgan fingerprint density at radius 3 is 2.72 bits per heavy atom. The van der Waals surface area contributed by atoms with Crippen LogP contribution in [-0.4, -0.2) is 51.3 Å². The minimum absolute atomic E-state index is 0.0133. The van der Waals surface area contributed by atoms with Gasteiger partial charge in [-0.2, -0.15) is 0 Å². The van der Waals surface area contributed by atoms with Crippen molar-refractivity contribution in [2.24, 2.45) is 28.6 Å². The Kier molecular flexibility index (Phi) is 6.53. The van der Waals surface area contributed by atoms with Crippen molar-refractivity contribution in [3.63, 3.8) is 0 Å². The van der Waals surface area contributed by atoms with Crippen molar-refractivity contribution in [1.29, 1.82) is 0 Å². The molecule has 7 rings (SSSR count). The van der Waals surface area contributed by atoms with E-state index in [-0.39, 0.29) is 29.3 Å². The topological polar surface area (TPSA) is 139 Å². The fraction of sp³-hybridized carbons (Fsp3) is 0.486. The second-order valence-electron chi connectivity index (χ2n) is 13.6. The van der Waals surface area contributed by atoms with E-state index in [2.05, 4.69) is 6.92 Å². The van der Waals surface area contributed by atoms with Crippen molar-refractivity contribution in [1.82, 2.24) is 0 Å². The summed E-state index contributed by atoms with van der Waals surface area (Å²) in [5, 5.41) is 32.9. The van der Waals surface area contributed by atoms with Gasteiger partial charge in [-0.15, -0.1) is 0 Å². The predicted octanol–water partition coefficient (Wildman–Crippen LogP) is 4.17. The van der Waals surface area contributed by atoms with Crippen molar-refractivity contribution in [2.45, 2.75) is 70.1 Å². The predicted molar refractivity (Wildman–Crippen MR) is 159 cm³/mol. The van der Waals surface area contributed by atoms with E-state index in [9.17, 15) is 24.9 Å². The number of aromatic hydroxyl groups is 1. The molecule has 0 amide bonds. The SMILES string of the molecule is C[C@]12C=CC(=O)C=C1CC[C@@H]1C2[C@@H](O)C[C@@]2(C)C1C[C@H]1O[C@@H](c3ccc(Cc4cccc(N)c4)c(O)c3)O[C@]12C(=O)CO. The van der Waals surface area contributed by atoms with Gasteiger partial charge in [0.25, 0.3) is 0 Å². The Morgan fingerprint density at radius 2 is 1.98 bits per heavy atom. The van der Waals surface area contributed by atoms with Crippen LogP contribution in [0.4, 0.5) is 5.69 Å². The molecular weight excluding hydrogens is 546 g/mol. The molecule has 2 aromatic carbocycles. The van der Waals surface area contributed by atoms with Crippen LogP contribution in [0.2, 0.25) is 0 Å². The van der Waals surface area contributed by atoms with E-state index in [1.165, 1.54) is 0 Å². The number of nitrogen functional groups attached to an aromatic ring is 1. The van der Waals surface area contributed by atoms with Crippen LogP contribution in [0.1, 0.15) is 62.5 Å². The molecule has 5 N–H and O–H groups in total. The number of ether oxygens (including phenoxy) is 2. The van der Waals surface area contributed by atoms with Crippen LogP contribution >= 0.6 is 0 Å². The third kappa shape index (κ3) is 4.03. The molecule has 4 fully saturated rings. The van der Waals surface area contributed by atoms with Gasteiger partial charge >= 0.3 is 0 Å². The van der Waals surface area contributed by atoms with E-state index in [1.54, 1.807) is 18.2 Å². The number of phenolic OH excluding ortho intramolecular Hbond substituents is 1. The van der Waals surface area contributed by atoms with E-state index >= 15 is 0 Å². The molecule has 2 unspecified atom stereocenters. The number of ketones is 2. The summed E-state index contributed by atoms with van der Waals surface area (Å²) in [6.45, 7) is 3.43. The van der Waals surface area contributed by atoms with E-state index in [4.69, 9.17) is 15.2 Å². The maximum absolute atomic E-state index is 13.7. The third-order valence-corrected chi connectivity index (χ3v) is 11.5. The molecule has 8 nitrogen and oxygen atoms in total. The van der Waals surface area contributed by atoms with E-state index in [0.29, 0.717) is 30.5 Å². The zero-order valence-corrected chi connectivity index (χ0v) is 24.5. The van der Waals surface area contributed by atoms with E-state index in [0.717, 1.165) is 29.5 Å². The average Bonchev–Trinajstić information content (AvgIpc) is 3.47. The molecular formula is C35H39NO7. The molecule has 4 aliphatic carbocycles. The van der Waals surface area contributed by atoms with Crippen LogP contribution in [0.15, 0.2) is 66.3 Å². The number of hydrogen-bond acceptors (Lipinski definition) is 8. The number of aliphatic hydroxyl groups is 2. The quantitative estimate of drug-likeness (QED) is 0.384. The number of nitrogens with two attached hydrogens (primary N) is 1. The largest absolute Gasteiger partial charge is 0.508 e. The average molecular weight is 586 g/mol. The van der Waals surface area contributed by atoms with Crippen LogP contribution in [0.5, 0.6) is 5.75 Å². The van der Waals surface area contributed by atoms with Crippen LogP contribution in [0.25, 0.3) is 0 Å². The van der Waals surface area contributed by atoms with Crippen molar-refractivity contribution in [3.8, 4) is 5.75 Å². The van der Waals surface area contributed by atoms with Crippen LogP contribution in [0.3, 0.4) is 0 Å². The van der Waals surface area contributed by atoms with E-state index in [1.807, 2.05) is 49.4 Å². The molecule has 5 aliphatic rings. The zero-order chi connectivity index (χ0) is 30.3. The number of anilines is 1. The summed E-state index contributed by atoms with van der Waals surface area (Å²) < 4.78 is 13.2. The highest BCUT2D eigenvalue weighted by molar-refractivity contribution is 6.01. The molecule has 0 radical (unpaired) electrons. The number of phenols is 1. The molecule has 226 valence electrons. The molecule has 0 bridgehead atoms. The van der Waals surface area contributed by atoms with Gasteiger partial charge in [0.05, 0.1) is 12.2 Å². The molecule has 1 heterocycles. The first-order valence-electron chi connectivity index (χ1n) is 15.3. The van der Waals surface area contributed by atoms with Gasteiger partial charge in [0, 0.05) is 34.4 Å². The molecule has 2 aromatic rings. The van der Waals surface area contributed by atoms with E-state index < -0.39 is 47.3 Å². The lowest BCUT2D eigenvalue weighted by Crippen LogP contribution is -2.63. The van der Waals surface area contributed by atoms with Gasteiger partial charge in [0.1, 0.15) is 12.4 Å². The molecule has 9 atom stereocenters. The summed E-state index contributed by atoms with van der Waals surface area (Å²) in [5.74, 6) is -0.366. The summed E-state index contributed by atoms with van der Waals surface area (Å²) in [5.41, 5.74) is 7.26. The van der Waals surface area contributed by atoms with Gasteiger partial charge < -0.3 is 30.5 Å². The zero-order valence-electron chi connectivity index (χ0n) is 24.5. The number of hydrogen-bond donors (Lipinski definition) is 4. The number of rotatable bonds is 5. The van der Waals surface area contributed by atoms with Crippen LogP contribution in [0, 0.1) is 28.6 Å². The number of carbonyl (C=O) groups is 2. The van der Waals surface area contributed by atoms with Gasteiger partial charge in [0.2, 0.25) is 0 Å². The summed E-state index contributed by atoms with van der Waals surface area (Å²) in [4.78, 5) is 25.9. The Bertz CT molecular complexity index is 1560. The Balaban J connectivity index is 1.19. The van der Waals surface area contributed by atoms with Gasteiger partial charge in [-0.05, 0) is 79.0 Å². The van der Waals surface area contributed by atoms with Gasteiger partial charge in [-0.1, -0.05) is 49.8 Å². The van der Waals surface area contributed by atoms with Gasteiger partial charge in [-0.25, -0.2) is 0 Å². The standard InChI is InChI=1S/C35H39NO7/c1-33-11-10-24(38)15-22(33)8-9-25-26-16-30-35(29(41)18-37,34(26,2)17-28(40)31(25)33)43-32(42-30)21-7-6-20(27(39)14-21)12-19-4-3-5-23(36)13-19/h3-7,10-11,13-15,25-26,28,30-32,37,39-40H,8-9,12,16-18,36H2,1-2H3/t25-,26?,28-,30+,31?,32+,33-,34-,35+/m0/s1. The molecule has 3 saturated carbocycles. The summed E-state index contributed by atoms with van der Waals surface area (Å²) in [6.07, 6.45) is 5.96. The molecule has 0 spiro atoms. The summed E-state index contributed by atoms with van der Waals surface area (Å²) in [6, 6.07) is 12.8. The smallest absolute Gasteiger partial charge is 0.193 e. The van der Waals surface area contributed by atoms with Crippen LogP contribution < -0.4 is 5.73 Å². The first-order valence-corrected chi connectivity index (χ1v) is 15.3. The molecule has 1 aliphatic heterocycles. The fourth-order valence-electron chi connectivity index (χ4n) is 9.63. The highest BCUT2D eigenvalue weighted by Gasteiger charge is 2.75. The van der Waals surface area contributed by atoms with Crippen molar-refractivity contribution < 1.29 is 34.4 Å². The van der Waals surface area contributed by atoms with Crippen molar-refractivity contribution >= 4 is 17.3 Å². The number of carbonyl (C=O) groups excluding carboxylic acids is 2. The maximum atomic E-state index is 13.7. The molecule has 1 saturated heterocycles. The van der Waals surface area contributed by atoms with Gasteiger partial charge in [-0.3, -0.25) is 9.59 Å². The number of benzene rings is 2. The fourth-order valence-corrected chi connectivity index (χ4v) is 9.63. The maximum Gasteiger partial charge on any atom is 0.193 e. The Labute approximate surface area is 251 Å². The summed E-state index contributed by atoms with van der Waals surface area (Å²) >= 11 is 0. The highest BCUT2D eigenvalue weighted by atomic mass is 16.7. The molecule has 8 heteroatoms. The minimum Gasteiger partial charge on any atom is -0.508 e. The summed E-state index contributed by atoms with van der Waals surface area (Å²) in [7, 11) is 0. The minimum atomic E-state index is -1.44. The second kappa shape index (κ2) is 9.86. The number of allylic oxidation sites excluding steroid dienone is 4. The van der Waals surface area contributed by atoms with Crippen molar-refractivity contribution in [2.75, 3.05) is 12.3 Å². The lowest BCUT2D eigenvalue weighted by molar-refractivity contribution is -0.201. The Hall–Kier alpha value is -3.30. The molecule has 0 aromatic heterocycles. The first-order chi connectivity index (χ1) is 20.5. The second-order valence-corrected chi connectivity index (χ2v) is 13.6. The number of fused-ring (bicyclic) bond motifs is 7. The number of Topliss-reactive ketones (excluding diaryl/α,β-unsaturated/α-hetero) is 1.